The number of aromatic nitrogens is 2. The Balaban J connectivity index is 1.09. The molecule has 190 valence electrons. The molecule has 0 atom stereocenters. The SMILES string of the molecule is COc1ccc2ncc(F)c(CCN3CCC(c4ccc(-c5ccc6c(c5)NC(=O)CO6)o4)CC3)c2n1. The Labute approximate surface area is 213 Å². The number of piperidine rings is 1. The Bertz CT molecular complexity index is 1460. The Kier molecular flexibility index (Phi) is 6.21. The average molecular weight is 503 g/mol. The van der Waals surface area contributed by atoms with E-state index in [1.807, 2.05) is 30.3 Å². The van der Waals surface area contributed by atoms with Gasteiger partial charge in [0.25, 0.3) is 5.91 Å². The molecule has 8 nitrogen and oxygen atoms in total. The molecule has 2 aliphatic heterocycles. The van der Waals surface area contributed by atoms with Crippen molar-refractivity contribution < 1.29 is 23.1 Å². The third kappa shape index (κ3) is 4.74. The fraction of sp³-hybridized carbons (Fsp3) is 0.321. The third-order valence-electron chi connectivity index (χ3n) is 7.14. The van der Waals surface area contributed by atoms with Crippen molar-refractivity contribution in [2.45, 2.75) is 25.2 Å². The quantitative estimate of drug-likeness (QED) is 0.405. The van der Waals surface area contributed by atoms with Crippen LogP contribution in [-0.2, 0) is 11.2 Å². The van der Waals surface area contributed by atoms with E-state index >= 15 is 0 Å². The molecule has 9 heteroatoms. The van der Waals surface area contributed by atoms with E-state index in [0.717, 1.165) is 49.6 Å². The van der Waals surface area contributed by atoms with Crippen LogP contribution < -0.4 is 14.8 Å². The Morgan fingerprint density at radius 1 is 1.16 bits per heavy atom. The lowest BCUT2D eigenvalue weighted by atomic mass is 9.94. The number of benzene rings is 1. The maximum atomic E-state index is 14.6. The van der Waals surface area contributed by atoms with Gasteiger partial charge in [-0.3, -0.25) is 9.78 Å². The van der Waals surface area contributed by atoms with Crippen LogP contribution in [0.3, 0.4) is 0 Å². The predicted molar refractivity (Wildman–Crippen MR) is 136 cm³/mol. The fourth-order valence-electron chi connectivity index (χ4n) is 5.10. The van der Waals surface area contributed by atoms with Crippen molar-refractivity contribution in [2.75, 3.05) is 38.7 Å². The summed E-state index contributed by atoms with van der Waals surface area (Å²) in [6.45, 7) is 2.60. The predicted octanol–water partition coefficient (Wildman–Crippen LogP) is 4.79. The first kappa shape index (κ1) is 23.4. The van der Waals surface area contributed by atoms with Crippen molar-refractivity contribution in [3.63, 3.8) is 0 Å². The molecular formula is C28H27FN4O4. The lowest BCUT2D eigenvalue weighted by molar-refractivity contribution is -0.118. The number of pyridine rings is 2. The summed E-state index contributed by atoms with van der Waals surface area (Å²) in [5, 5.41) is 2.84. The Morgan fingerprint density at radius 3 is 2.86 bits per heavy atom. The van der Waals surface area contributed by atoms with Gasteiger partial charge in [0.05, 0.1) is 30.0 Å². The summed E-state index contributed by atoms with van der Waals surface area (Å²) in [4.78, 5) is 22.6. The smallest absolute Gasteiger partial charge is 0.262 e. The highest BCUT2D eigenvalue weighted by Gasteiger charge is 2.24. The van der Waals surface area contributed by atoms with Crippen LogP contribution in [0.25, 0.3) is 22.4 Å². The van der Waals surface area contributed by atoms with Crippen LogP contribution in [0.2, 0.25) is 0 Å². The molecule has 1 saturated heterocycles. The van der Waals surface area contributed by atoms with Gasteiger partial charge < -0.3 is 24.1 Å². The molecule has 1 N–H and O–H groups in total. The van der Waals surface area contributed by atoms with Gasteiger partial charge in [-0.25, -0.2) is 9.37 Å². The van der Waals surface area contributed by atoms with Crippen molar-refractivity contribution in [3.8, 4) is 23.0 Å². The normalized spacial score (nSPS) is 16.3. The number of carbonyl (C=O) groups is 1. The number of furan rings is 1. The summed E-state index contributed by atoms with van der Waals surface area (Å²) in [5.74, 6) is 2.69. The summed E-state index contributed by atoms with van der Waals surface area (Å²) in [5.41, 5.74) is 3.36. The van der Waals surface area contributed by atoms with Crippen LogP contribution in [0.15, 0.2) is 53.1 Å². The van der Waals surface area contributed by atoms with Crippen molar-refractivity contribution in [1.29, 1.82) is 0 Å². The van der Waals surface area contributed by atoms with Gasteiger partial charge in [0.15, 0.2) is 6.61 Å². The number of ether oxygens (including phenoxy) is 2. The molecule has 6 rings (SSSR count). The number of anilines is 1. The van der Waals surface area contributed by atoms with Crippen LogP contribution in [0.4, 0.5) is 10.1 Å². The standard InChI is InChI=1S/C28H27FN4O4/c1-35-27-7-3-21-28(32-27)19(20(29)15-30-21)10-13-33-11-8-17(9-12-33)23-5-6-24(37-23)18-2-4-25-22(14-18)31-26(34)16-36-25/h2-7,14-15,17H,8-13,16H2,1H3,(H,31,34). The molecule has 4 aromatic rings. The van der Waals surface area contributed by atoms with E-state index in [4.69, 9.17) is 13.9 Å². The lowest BCUT2D eigenvalue weighted by Crippen LogP contribution is -2.34. The minimum absolute atomic E-state index is 0.0374. The highest BCUT2D eigenvalue weighted by molar-refractivity contribution is 5.96. The van der Waals surface area contributed by atoms with E-state index in [0.29, 0.717) is 46.3 Å². The molecule has 0 bridgehead atoms. The molecule has 0 aliphatic carbocycles. The van der Waals surface area contributed by atoms with E-state index < -0.39 is 0 Å². The molecule has 0 saturated carbocycles. The van der Waals surface area contributed by atoms with Gasteiger partial charge >= 0.3 is 0 Å². The average Bonchev–Trinajstić information content (AvgIpc) is 3.42. The topological polar surface area (TPSA) is 89.7 Å². The summed E-state index contributed by atoms with van der Waals surface area (Å²) in [6.07, 6.45) is 3.76. The zero-order valence-electron chi connectivity index (χ0n) is 20.5. The second-order valence-corrected chi connectivity index (χ2v) is 9.42. The summed E-state index contributed by atoms with van der Waals surface area (Å²) < 4.78 is 31.5. The van der Waals surface area contributed by atoms with E-state index in [1.54, 1.807) is 19.2 Å². The number of amides is 1. The summed E-state index contributed by atoms with van der Waals surface area (Å²) in [6, 6.07) is 13.2. The van der Waals surface area contributed by atoms with E-state index in [-0.39, 0.29) is 18.3 Å². The second-order valence-electron chi connectivity index (χ2n) is 9.42. The number of rotatable bonds is 6. The van der Waals surface area contributed by atoms with Crippen molar-refractivity contribution in [3.05, 3.63) is 65.8 Å². The highest BCUT2D eigenvalue weighted by Crippen LogP contribution is 2.36. The second kappa shape index (κ2) is 9.82. The summed E-state index contributed by atoms with van der Waals surface area (Å²) in [7, 11) is 1.55. The molecule has 1 fully saturated rings. The van der Waals surface area contributed by atoms with Gasteiger partial charge in [-0.1, -0.05) is 0 Å². The molecular weight excluding hydrogens is 475 g/mol. The van der Waals surface area contributed by atoms with Crippen LogP contribution in [-0.4, -0.2) is 54.1 Å². The number of likely N-dealkylation sites (tertiary alicyclic amines) is 1. The molecule has 37 heavy (non-hydrogen) atoms. The number of hydrogen-bond donors (Lipinski definition) is 1. The van der Waals surface area contributed by atoms with Gasteiger partial charge in [-0.2, -0.15) is 0 Å². The molecule has 0 radical (unpaired) electrons. The Morgan fingerprint density at radius 2 is 2.03 bits per heavy atom. The number of hydrogen-bond acceptors (Lipinski definition) is 7. The monoisotopic (exact) mass is 502 g/mol. The van der Waals surface area contributed by atoms with Crippen molar-refractivity contribution in [1.82, 2.24) is 14.9 Å². The van der Waals surface area contributed by atoms with E-state index in [1.165, 1.54) is 6.20 Å². The maximum Gasteiger partial charge on any atom is 0.262 e. The van der Waals surface area contributed by atoms with Gasteiger partial charge in [0, 0.05) is 29.7 Å². The first-order valence-electron chi connectivity index (χ1n) is 12.4. The van der Waals surface area contributed by atoms with E-state index in [2.05, 4.69) is 20.2 Å². The molecule has 1 aromatic carbocycles. The minimum Gasteiger partial charge on any atom is -0.482 e. The van der Waals surface area contributed by atoms with Crippen LogP contribution >= 0.6 is 0 Å². The number of halogens is 1. The zero-order valence-corrected chi connectivity index (χ0v) is 20.5. The summed E-state index contributed by atoms with van der Waals surface area (Å²) >= 11 is 0. The largest absolute Gasteiger partial charge is 0.482 e. The van der Waals surface area contributed by atoms with E-state index in [9.17, 15) is 9.18 Å². The number of methoxy groups -OCH3 is 1. The van der Waals surface area contributed by atoms with Crippen LogP contribution in [0.1, 0.15) is 30.1 Å². The number of fused-ring (bicyclic) bond motifs is 2. The third-order valence-corrected chi connectivity index (χ3v) is 7.14. The minimum atomic E-state index is -0.334. The first-order chi connectivity index (χ1) is 18.1. The molecule has 2 aliphatic rings. The molecule has 0 unspecified atom stereocenters. The van der Waals surface area contributed by atoms with Crippen LogP contribution in [0.5, 0.6) is 11.6 Å². The molecule has 3 aromatic heterocycles. The van der Waals surface area contributed by atoms with Gasteiger partial charge in [-0.05, 0) is 68.8 Å². The fourth-order valence-corrected chi connectivity index (χ4v) is 5.10. The zero-order chi connectivity index (χ0) is 25.4. The lowest BCUT2D eigenvalue weighted by Gasteiger charge is -2.31. The van der Waals surface area contributed by atoms with Crippen molar-refractivity contribution >= 4 is 22.6 Å². The van der Waals surface area contributed by atoms with Crippen LogP contribution in [0, 0.1) is 5.82 Å². The Hall–Kier alpha value is -3.98. The number of carbonyl (C=O) groups excluding carboxylic acids is 1. The molecule has 1 amide bonds. The number of nitrogens with one attached hydrogen (secondary N) is 1. The first-order valence-corrected chi connectivity index (χ1v) is 12.4. The van der Waals surface area contributed by atoms with Gasteiger partial charge in [-0.15, -0.1) is 0 Å². The van der Waals surface area contributed by atoms with Crippen molar-refractivity contribution in [2.24, 2.45) is 0 Å². The highest BCUT2D eigenvalue weighted by atomic mass is 19.1. The maximum absolute atomic E-state index is 14.6. The molecule has 5 heterocycles. The molecule has 0 spiro atoms. The number of nitrogens with zero attached hydrogens (tertiary/aromatic N) is 3. The van der Waals surface area contributed by atoms with Gasteiger partial charge in [0.2, 0.25) is 5.88 Å². The van der Waals surface area contributed by atoms with Gasteiger partial charge in [0.1, 0.15) is 23.1 Å².